The third kappa shape index (κ3) is 2.11. The van der Waals surface area contributed by atoms with Gasteiger partial charge in [-0.15, -0.1) is 0 Å². The van der Waals surface area contributed by atoms with Gasteiger partial charge < -0.3 is 5.73 Å². The third-order valence-electron chi connectivity index (χ3n) is 2.08. The molecule has 0 bridgehead atoms. The number of halogens is 1. The van der Waals surface area contributed by atoms with Gasteiger partial charge in [0.2, 0.25) is 0 Å². The maximum atomic E-state index is 6.02. The van der Waals surface area contributed by atoms with E-state index in [1.807, 2.05) is 0 Å². The monoisotopic (exact) mass is 220 g/mol. The molecule has 2 rings (SSSR count). The molecule has 15 heavy (non-hydrogen) atoms. The largest absolute Gasteiger partial charge is 0.320 e. The van der Waals surface area contributed by atoms with Gasteiger partial charge >= 0.3 is 0 Å². The molecule has 2 N–H and O–H groups in total. The van der Waals surface area contributed by atoms with Crippen molar-refractivity contribution in [2.24, 2.45) is 5.73 Å². The Morgan fingerprint density at radius 2 is 1.87 bits per heavy atom. The maximum absolute atomic E-state index is 6.02. The molecule has 0 radical (unpaired) electrons. The molecule has 0 aliphatic rings. The summed E-state index contributed by atoms with van der Waals surface area (Å²) in [5.74, 6) is 0. The van der Waals surface area contributed by atoms with E-state index in [0.717, 1.165) is 11.1 Å². The van der Waals surface area contributed by atoms with Gasteiger partial charge in [0.25, 0.3) is 0 Å². The van der Waals surface area contributed by atoms with E-state index in [-0.39, 0.29) is 6.04 Å². The van der Waals surface area contributed by atoms with Crippen LogP contribution in [0, 0.1) is 0 Å². The van der Waals surface area contributed by atoms with Crippen LogP contribution in [0.1, 0.15) is 17.2 Å². The smallest absolute Gasteiger partial charge is 0.115 e. The highest BCUT2D eigenvalue weighted by Gasteiger charge is 2.12. The van der Waals surface area contributed by atoms with Crippen molar-refractivity contribution in [2.45, 2.75) is 6.04 Å². The highest BCUT2D eigenvalue weighted by atomic mass is 35.5. The van der Waals surface area contributed by atoms with Crippen LogP contribution in [0.3, 0.4) is 0 Å². The average molecular weight is 221 g/mol. The molecule has 0 saturated heterocycles. The van der Waals surface area contributed by atoms with Crippen LogP contribution < -0.4 is 5.73 Å². The molecule has 2 aromatic rings. The highest BCUT2D eigenvalue weighted by molar-refractivity contribution is 6.31. The lowest BCUT2D eigenvalue weighted by Gasteiger charge is -2.12. The molecular weight excluding hydrogens is 212 g/mol. The molecule has 0 amide bonds. The molecule has 2 aromatic heterocycles. The van der Waals surface area contributed by atoms with E-state index in [4.69, 9.17) is 17.3 Å². The van der Waals surface area contributed by atoms with Crippen LogP contribution >= 0.6 is 11.6 Å². The Morgan fingerprint density at radius 3 is 2.53 bits per heavy atom. The van der Waals surface area contributed by atoms with Gasteiger partial charge in [0.15, 0.2) is 0 Å². The third-order valence-corrected chi connectivity index (χ3v) is 2.39. The van der Waals surface area contributed by atoms with Crippen LogP contribution in [0.15, 0.2) is 37.2 Å². The summed E-state index contributed by atoms with van der Waals surface area (Å²) < 4.78 is 0. The van der Waals surface area contributed by atoms with Gasteiger partial charge in [0, 0.05) is 30.4 Å². The predicted octanol–water partition coefficient (Wildman–Crippen LogP) is 1.57. The van der Waals surface area contributed by atoms with Crippen LogP contribution in [-0.2, 0) is 0 Å². The fraction of sp³-hybridized carbons (Fsp3) is 0.100. The Hall–Kier alpha value is -1.52. The van der Waals surface area contributed by atoms with E-state index < -0.39 is 0 Å². The van der Waals surface area contributed by atoms with Crippen molar-refractivity contribution in [3.8, 4) is 0 Å². The van der Waals surface area contributed by atoms with E-state index in [0.29, 0.717) is 5.02 Å². The van der Waals surface area contributed by atoms with E-state index in [2.05, 4.69) is 15.0 Å². The second kappa shape index (κ2) is 4.33. The average Bonchev–Trinajstić information content (AvgIpc) is 2.30. The molecule has 5 heteroatoms. The minimum absolute atomic E-state index is 0.318. The van der Waals surface area contributed by atoms with Gasteiger partial charge in [-0.3, -0.25) is 4.98 Å². The first-order chi connectivity index (χ1) is 7.29. The molecule has 0 fully saturated rings. The fourth-order valence-corrected chi connectivity index (χ4v) is 1.53. The molecule has 1 unspecified atom stereocenters. The Labute approximate surface area is 92.2 Å². The Morgan fingerprint density at radius 1 is 1.13 bits per heavy atom. The zero-order valence-electron chi connectivity index (χ0n) is 7.84. The Balaban J connectivity index is 2.37. The number of hydrogen-bond donors (Lipinski definition) is 1. The summed E-state index contributed by atoms with van der Waals surface area (Å²) in [7, 11) is 0. The van der Waals surface area contributed by atoms with Gasteiger partial charge in [-0.2, -0.15) is 0 Å². The molecule has 0 spiro atoms. The summed E-state index contributed by atoms with van der Waals surface area (Å²) in [6.07, 6.45) is 8.04. The summed E-state index contributed by atoms with van der Waals surface area (Å²) in [6, 6.07) is 1.47. The number of nitrogens with two attached hydrogens (primary N) is 1. The topological polar surface area (TPSA) is 64.7 Å². The van der Waals surface area contributed by atoms with Gasteiger partial charge in [0.1, 0.15) is 6.33 Å². The molecule has 76 valence electrons. The Kier molecular flexibility index (Phi) is 2.89. The first-order valence-corrected chi connectivity index (χ1v) is 4.76. The molecule has 0 aliphatic heterocycles. The van der Waals surface area contributed by atoms with Gasteiger partial charge in [-0.05, 0) is 11.6 Å². The molecule has 0 aliphatic carbocycles. The summed E-state index contributed by atoms with van der Waals surface area (Å²) in [5.41, 5.74) is 7.67. The summed E-state index contributed by atoms with van der Waals surface area (Å²) in [4.78, 5) is 11.7. The van der Waals surface area contributed by atoms with Gasteiger partial charge in [-0.1, -0.05) is 11.6 Å². The standard InChI is InChI=1S/C10H9ClN4/c11-9-5-13-2-1-8(9)10(12)7-3-14-6-15-4-7/h1-6,10H,12H2. The zero-order chi connectivity index (χ0) is 10.7. The van der Waals surface area contributed by atoms with E-state index in [1.165, 1.54) is 6.33 Å². The normalized spacial score (nSPS) is 12.4. The maximum Gasteiger partial charge on any atom is 0.115 e. The molecular formula is C10H9ClN4. The molecule has 4 nitrogen and oxygen atoms in total. The number of hydrogen-bond acceptors (Lipinski definition) is 4. The van der Waals surface area contributed by atoms with Crippen molar-refractivity contribution in [2.75, 3.05) is 0 Å². The number of pyridine rings is 1. The lowest BCUT2D eigenvalue weighted by Crippen LogP contribution is -2.13. The quantitative estimate of drug-likeness (QED) is 0.835. The lowest BCUT2D eigenvalue weighted by molar-refractivity contribution is 0.848. The first kappa shape index (κ1) is 10.0. The second-order valence-electron chi connectivity index (χ2n) is 3.05. The van der Waals surface area contributed by atoms with Crippen molar-refractivity contribution >= 4 is 11.6 Å². The molecule has 1 atom stereocenters. The van der Waals surface area contributed by atoms with Crippen molar-refractivity contribution in [3.05, 3.63) is 53.3 Å². The minimum Gasteiger partial charge on any atom is -0.320 e. The van der Waals surface area contributed by atoms with Crippen LogP contribution in [0.2, 0.25) is 5.02 Å². The molecule has 2 heterocycles. The SMILES string of the molecule is NC(c1cncnc1)c1ccncc1Cl. The van der Waals surface area contributed by atoms with Crippen LogP contribution in [-0.4, -0.2) is 15.0 Å². The summed E-state index contributed by atoms with van der Waals surface area (Å²) in [5, 5.41) is 0.550. The van der Waals surface area contributed by atoms with Crippen LogP contribution in [0.5, 0.6) is 0 Å². The van der Waals surface area contributed by atoms with E-state index in [1.54, 1.807) is 30.9 Å². The number of aromatic nitrogens is 3. The van der Waals surface area contributed by atoms with Crippen LogP contribution in [0.25, 0.3) is 0 Å². The lowest BCUT2D eigenvalue weighted by atomic mass is 10.0. The number of rotatable bonds is 2. The van der Waals surface area contributed by atoms with E-state index in [9.17, 15) is 0 Å². The summed E-state index contributed by atoms with van der Waals surface area (Å²) >= 11 is 5.99. The van der Waals surface area contributed by atoms with Crippen molar-refractivity contribution in [3.63, 3.8) is 0 Å². The fourth-order valence-electron chi connectivity index (χ4n) is 1.29. The first-order valence-electron chi connectivity index (χ1n) is 4.39. The molecule has 0 saturated carbocycles. The van der Waals surface area contributed by atoms with Crippen molar-refractivity contribution in [1.29, 1.82) is 0 Å². The van der Waals surface area contributed by atoms with Crippen LogP contribution in [0.4, 0.5) is 0 Å². The second-order valence-corrected chi connectivity index (χ2v) is 3.45. The van der Waals surface area contributed by atoms with Crippen molar-refractivity contribution < 1.29 is 0 Å². The van der Waals surface area contributed by atoms with Gasteiger partial charge in [0.05, 0.1) is 11.1 Å². The van der Waals surface area contributed by atoms with E-state index >= 15 is 0 Å². The number of nitrogens with zero attached hydrogens (tertiary/aromatic N) is 3. The summed E-state index contributed by atoms with van der Waals surface area (Å²) in [6.45, 7) is 0. The predicted molar refractivity (Wildman–Crippen MR) is 57.3 cm³/mol. The zero-order valence-corrected chi connectivity index (χ0v) is 8.59. The Bertz CT molecular complexity index is 446. The van der Waals surface area contributed by atoms with Crippen molar-refractivity contribution in [1.82, 2.24) is 15.0 Å². The highest BCUT2D eigenvalue weighted by Crippen LogP contribution is 2.24. The van der Waals surface area contributed by atoms with Gasteiger partial charge in [-0.25, -0.2) is 9.97 Å². The minimum atomic E-state index is -0.318. The molecule has 0 aromatic carbocycles.